The zero-order chi connectivity index (χ0) is 14.9. The quantitative estimate of drug-likeness (QED) is 0.901. The highest BCUT2D eigenvalue weighted by Crippen LogP contribution is 2.24. The van der Waals surface area contributed by atoms with Crippen LogP contribution in [0.3, 0.4) is 0 Å². The number of hydrogen-bond acceptors (Lipinski definition) is 3. The van der Waals surface area contributed by atoms with Crippen molar-refractivity contribution in [3.05, 3.63) is 24.0 Å². The number of nitrogens with zero attached hydrogens (tertiary/aromatic N) is 2. The summed E-state index contributed by atoms with van der Waals surface area (Å²) >= 11 is 0. The molecule has 1 aromatic heterocycles. The highest BCUT2D eigenvalue weighted by molar-refractivity contribution is 5.93. The van der Waals surface area contributed by atoms with Gasteiger partial charge in [0.05, 0.1) is 12.2 Å². The fourth-order valence-electron chi connectivity index (χ4n) is 3.33. The van der Waals surface area contributed by atoms with Crippen molar-refractivity contribution in [3.63, 3.8) is 0 Å². The smallest absolute Gasteiger partial charge is 0.270 e. The maximum Gasteiger partial charge on any atom is 0.270 e. The zero-order valence-corrected chi connectivity index (χ0v) is 13.0. The molecule has 0 radical (unpaired) electrons. The molecule has 0 spiro atoms. The van der Waals surface area contributed by atoms with Gasteiger partial charge >= 0.3 is 0 Å². The molecular weight excluding hydrogens is 266 g/mol. The van der Waals surface area contributed by atoms with E-state index in [-0.39, 0.29) is 11.5 Å². The van der Waals surface area contributed by atoms with Crippen LogP contribution in [0.15, 0.2) is 18.3 Å². The summed E-state index contributed by atoms with van der Waals surface area (Å²) in [4.78, 5) is 14.8. The van der Waals surface area contributed by atoms with E-state index in [1.54, 1.807) is 0 Å². The lowest BCUT2D eigenvalue weighted by molar-refractivity contribution is -0.0766. The number of carbonyl (C=O) groups is 1. The second-order valence-electron chi connectivity index (χ2n) is 6.62. The van der Waals surface area contributed by atoms with Crippen molar-refractivity contribution < 1.29 is 9.53 Å². The second-order valence-corrected chi connectivity index (χ2v) is 6.62. The second kappa shape index (κ2) is 5.81. The van der Waals surface area contributed by atoms with Crippen molar-refractivity contribution >= 4 is 5.91 Å². The first kappa shape index (κ1) is 14.6. The van der Waals surface area contributed by atoms with E-state index in [0.717, 1.165) is 31.6 Å². The third-order valence-corrected chi connectivity index (χ3v) is 4.41. The molecular formula is C16H25N3O2. The van der Waals surface area contributed by atoms with Crippen LogP contribution >= 0.6 is 0 Å². The number of amides is 1. The van der Waals surface area contributed by atoms with Crippen LogP contribution in [0.5, 0.6) is 0 Å². The Hall–Kier alpha value is -1.33. The summed E-state index contributed by atoms with van der Waals surface area (Å²) in [6.07, 6.45) is 4.22. The van der Waals surface area contributed by atoms with E-state index in [9.17, 15) is 4.79 Å². The summed E-state index contributed by atoms with van der Waals surface area (Å²) in [6, 6.07) is 4.38. The van der Waals surface area contributed by atoms with Gasteiger partial charge in [-0.25, -0.2) is 0 Å². The van der Waals surface area contributed by atoms with Gasteiger partial charge in [-0.3, -0.25) is 4.79 Å². The van der Waals surface area contributed by atoms with Gasteiger partial charge in [-0.2, -0.15) is 0 Å². The van der Waals surface area contributed by atoms with E-state index >= 15 is 0 Å². The Morgan fingerprint density at radius 2 is 2.14 bits per heavy atom. The predicted octanol–water partition coefficient (Wildman–Crippen LogP) is 1.66. The minimum Gasteiger partial charge on any atom is -0.372 e. The molecule has 0 bridgehead atoms. The molecule has 2 aliphatic rings. The van der Waals surface area contributed by atoms with Crippen LogP contribution in [-0.4, -0.2) is 53.8 Å². The van der Waals surface area contributed by atoms with Crippen LogP contribution < -0.4 is 5.32 Å². The number of carbonyl (C=O) groups excluding carboxylic acids is 1. The molecule has 3 heterocycles. The van der Waals surface area contributed by atoms with E-state index in [0.29, 0.717) is 25.7 Å². The van der Waals surface area contributed by atoms with Crippen LogP contribution in [0.2, 0.25) is 0 Å². The number of piperidine rings is 1. The Morgan fingerprint density at radius 3 is 2.86 bits per heavy atom. The minimum absolute atomic E-state index is 0.134. The van der Waals surface area contributed by atoms with E-state index in [1.807, 2.05) is 30.9 Å². The molecule has 1 N–H and O–H groups in total. The van der Waals surface area contributed by atoms with Gasteiger partial charge in [0.1, 0.15) is 5.69 Å². The zero-order valence-electron chi connectivity index (χ0n) is 13.0. The molecule has 3 rings (SSSR count). The predicted molar refractivity (Wildman–Crippen MR) is 81.5 cm³/mol. The summed E-state index contributed by atoms with van der Waals surface area (Å²) in [6.45, 7) is 8.09. The van der Waals surface area contributed by atoms with Gasteiger partial charge in [0.15, 0.2) is 0 Å². The Labute approximate surface area is 126 Å². The molecule has 0 unspecified atom stereocenters. The number of hydrogen-bond donors (Lipinski definition) is 1. The number of ether oxygens (including phenoxy) is 1. The molecule has 2 saturated heterocycles. The van der Waals surface area contributed by atoms with Crippen LogP contribution in [0, 0.1) is 0 Å². The maximum atomic E-state index is 12.8. The molecule has 0 aliphatic carbocycles. The van der Waals surface area contributed by atoms with Gasteiger partial charge < -0.3 is 19.5 Å². The average Bonchev–Trinajstić information content (AvgIpc) is 2.95. The summed E-state index contributed by atoms with van der Waals surface area (Å²) < 4.78 is 7.87. The van der Waals surface area contributed by atoms with Gasteiger partial charge in [0.25, 0.3) is 5.91 Å². The molecule has 21 heavy (non-hydrogen) atoms. The molecule has 5 nitrogen and oxygen atoms in total. The summed E-state index contributed by atoms with van der Waals surface area (Å²) in [5, 5.41) is 3.37. The molecule has 2 fully saturated rings. The highest BCUT2D eigenvalue weighted by atomic mass is 16.5. The lowest BCUT2D eigenvalue weighted by Gasteiger charge is -2.38. The first-order valence-corrected chi connectivity index (χ1v) is 7.88. The number of aromatic nitrogens is 1. The molecule has 2 aliphatic heterocycles. The molecule has 0 saturated carbocycles. The fourth-order valence-corrected chi connectivity index (χ4v) is 3.33. The molecule has 5 heteroatoms. The SMILES string of the molecule is CC1(C)CN(C(=O)c2cccn2C2CCNCC2)CCO1. The molecule has 0 atom stereocenters. The van der Waals surface area contributed by atoms with Crippen molar-refractivity contribution in [2.45, 2.75) is 38.3 Å². The number of rotatable bonds is 2. The standard InChI is InChI=1S/C16H25N3O2/c1-16(2)12-18(10-11-21-16)15(20)14-4-3-9-19(14)13-5-7-17-8-6-13/h3-4,9,13,17H,5-8,10-12H2,1-2H3. The average molecular weight is 291 g/mol. The van der Waals surface area contributed by atoms with Crippen LogP contribution in [0.1, 0.15) is 43.2 Å². The maximum absolute atomic E-state index is 12.8. The topological polar surface area (TPSA) is 46.5 Å². The number of morpholine rings is 1. The van der Waals surface area contributed by atoms with Crippen molar-refractivity contribution in [1.82, 2.24) is 14.8 Å². The summed E-state index contributed by atoms with van der Waals surface area (Å²) in [7, 11) is 0. The third kappa shape index (κ3) is 3.14. The fraction of sp³-hybridized carbons (Fsp3) is 0.688. The van der Waals surface area contributed by atoms with Crippen molar-refractivity contribution in [2.75, 3.05) is 32.8 Å². The van der Waals surface area contributed by atoms with E-state index in [1.165, 1.54) is 0 Å². The van der Waals surface area contributed by atoms with Crippen LogP contribution in [0.25, 0.3) is 0 Å². The van der Waals surface area contributed by atoms with Gasteiger partial charge in [0.2, 0.25) is 0 Å². The van der Waals surface area contributed by atoms with Gasteiger partial charge in [-0.1, -0.05) is 0 Å². The Balaban J connectivity index is 1.77. The van der Waals surface area contributed by atoms with Crippen LogP contribution in [-0.2, 0) is 4.74 Å². The Morgan fingerprint density at radius 1 is 1.38 bits per heavy atom. The van der Waals surface area contributed by atoms with Gasteiger partial charge in [0, 0.05) is 25.3 Å². The number of nitrogens with one attached hydrogen (secondary N) is 1. The molecule has 1 amide bonds. The molecule has 1 aromatic rings. The minimum atomic E-state index is -0.250. The normalized spacial score (nSPS) is 23.2. The van der Waals surface area contributed by atoms with Crippen LogP contribution in [0.4, 0.5) is 0 Å². The molecule has 116 valence electrons. The lowest BCUT2D eigenvalue weighted by atomic mass is 10.1. The first-order valence-electron chi connectivity index (χ1n) is 7.88. The van der Waals surface area contributed by atoms with Crippen molar-refractivity contribution in [2.24, 2.45) is 0 Å². The highest BCUT2D eigenvalue weighted by Gasteiger charge is 2.32. The molecule has 0 aromatic carbocycles. The lowest BCUT2D eigenvalue weighted by Crippen LogP contribution is -2.51. The van der Waals surface area contributed by atoms with E-state index < -0.39 is 0 Å². The summed E-state index contributed by atoms with van der Waals surface area (Å²) in [5.74, 6) is 0.134. The van der Waals surface area contributed by atoms with Gasteiger partial charge in [-0.15, -0.1) is 0 Å². The first-order chi connectivity index (χ1) is 10.1. The monoisotopic (exact) mass is 291 g/mol. The Kier molecular flexibility index (Phi) is 4.04. The largest absolute Gasteiger partial charge is 0.372 e. The van der Waals surface area contributed by atoms with Crippen molar-refractivity contribution in [1.29, 1.82) is 0 Å². The van der Waals surface area contributed by atoms with E-state index in [4.69, 9.17) is 4.74 Å². The third-order valence-electron chi connectivity index (χ3n) is 4.41. The summed E-state index contributed by atoms with van der Waals surface area (Å²) in [5.41, 5.74) is 0.569. The Bertz CT molecular complexity index is 503. The van der Waals surface area contributed by atoms with Gasteiger partial charge in [-0.05, 0) is 51.9 Å². The van der Waals surface area contributed by atoms with E-state index in [2.05, 4.69) is 16.1 Å². The van der Waals surface area contributed by atoms with Crippen molar-refractivity contribution in [3.8, 4) is 0 Å².